The van der Waals surface area contributed by atoms with E-state index in [-0.39, 0.29) is 5.54 Å². The van der Waals surface area contributed by atoms with Gasteiger partial charge in [0.15, 0.2) is 5.65 Å². The van der Waals surface area contributed by atoms with E-state index in [2.05, 4.69) is 62.4 Å². The first kappa shape index (κ1) is 18.4. The van der Waals surface area contributed by atoms with Crippen LogP contribution in [0.2, 0.25) is 0 Å². The van der Waals surface area contributed by atoms with Gasteiger partial charge in [0, 0.05) is 31.7 Å². The normalized spacial score (nSPS) is 17.5. The van der Waals surface area contributed by atoms with Gasteiger partial charge in [0.1, 0.15) is 5.54 Å². The van der Waals surface area contributed by atoms with Gasteiger partial charge in [-0.15, -0.1) is 5.10 Å². The predicted molar refractivity (Wildman–Crippen MR) is 113 cm³/mol. The molecule has 30 heavy (non-hydrogen) atoms. The summed E-state index contributed by atoms with van der Waals surface area (Å²) < 4.78 is 3.76. The average molecular weight is 404 g/mol. The Morgan fingerprint density at radius 2 is 2.23 bits per heavy atom. The molecule has 0 amide bonds. The monoisotopic (exact) mass is 404 g/mol. The van der Waals surface area contributed by atoms with Crippen LogP contribution in [0.1, 0.15) is 31.7 Å². The Balaban J connectivity index is 1.41. The average Bonchev–Trinajstić information content (AvgIpc) is 3.44. The highest BCUT2D eigenvalue weighted by molar-refractivity contribution is 5.71. The standard InChI is InChI=1S/C20H24N10/c1-14(2)15-8-24-30(11-15)20(5-6-21)12-28(13-20)17-4-3-7-29-18(17)26-19(27-29)25-16-9-22-23-10-16/h3-4,7-9,11,14,22-23H,5,10,12-13H2,1-2H3,(H,25,27). The number of anilines is 2. The first-order valence-electron chi connectivity index (χ1n) is 10.0. The summed E-state index contributed by atoms with van der Waals surface area (Å²) in [4.78, 5) is 6.92. The Labute approximate surface area is 174 Å². The summed E-state index contributed by atoms with van der Waals surface area (Å²) in [6.45, 7) is 6.39. The zero-order valence-electron chi connectivity index (χ0n) is 17.0. The topological polar surface area (TPSA) is 111 Å². The van der Waals surface area contributed by atoms with Crippen molar-refractivity contribution in [1.29, 1.82) is 5.26 Å². The summed E-state index contributed by atoms with van der Waals surface area (Å²) in [6, 6.07) is 6.36. The summed E-state index contributed by atoms with van der Waals surface area (Å²) in [7, 11) is 0. The molecule has 2 aliphatic heterocycles. The molecule has 0 unspecified atom stereocenters. The largest absolute Gasteiger partial charge is 0.363 e. The zero-order chi connectivity index (χ0) is 20.7. The van der Waals surface area contributed by atoms with Gasteiger partial charge in [-0.05, 0) is 23.6 Å². The van der Waals surface area contributed by atoms with Gasteiger partial charge in [-0.2, -0.15) is 15.3 Å². The number of pyridine rings is 1. The number of hydrazine groups is 1. The second-order valence-corrected chi connectivity index (χ2v) is 8.18. The van der Waals surface area contributed by atoms with Crippen LogP contribution in [0, 0.1) is 11.3 Å². The molecule has 154 valence electrons. The molecule has 5 heterocycles. The van der Waals surface area contributed by atoms with Gasteiger partial charge in [-0.1, -0.05) is 13.8 Å². The molecule has 3 aromatic rings. The molecule has 1 saturated heterocycles. The third-order valence-corrected chi connectivity index (χ3v) is 5.72. The molecule has 0 atom stereocenters. The van der Waals surface area contributed by atoms with Gasteiger partial charge in [-0.25, -0.2) is 9.94 Å². The lowest BCUT2D eigenvalue weighted by atomic mass is 9.86. The van der Waals surface area contributed by atoms with Crippen LogP contribution >= 0.6 is 0 Å². The van der Waals surface area contributed by atoms with E-state index in [1.165, 1.54) is 5.56 Å². The number of rotatable bonds is 6. The molecule has 0 saturated carbocycles. The van der Waals surface area contributed by atoms with E-state index in [0.717, 1.165) is 17.0 Å². The first-order valence-corrected chi connectivity index (χ1v) is 10.0. The van der Waals surface area contributed by atoms with Crippen molar-refractivity contribution in [3.05, 3.63) is 48.2 Å². The van der Waals surface area contributed by atoms with Crippen LogP contribution in [0.3, 0.4) is 0 Å². The van der Waals surface area contributed by atoms with Crippen LogP contribution in [0.5, 0.6) is 0 Å². The molecule has 5 rings (SSSR count). The fraction of sp³-hybridized carbons (Fsp3) is 0.400. The van der Waals surface area contributed by atoms with Crippen LogP contribution in [-0.4, -0.2) is 44.0 Å². The van der Waals surface area contributed by atoms with Gasteiger partial charge < -0.3 is 15.6 Å². The van der Waals surface area contributed by atoms with Gasteiger partial charge in [0.25, 0.3) is 0 Å². The summed E-state index contributed by atoms with van der Waals surface area (Å²) in [5.74, 6) is 0.960. The number of nitriles is 1. The molecule has 0 radical (unpaired) electrons. The zero-order valence-corrected chi connectivity index (χ0v) is 17.0. The van der Waals surface area contributed by atoms with Gasteiger partial charge in [-0.3, -0.25) is 4.68 Å². The quantitative estimate of drug-likeness (QED) is 0.567. The molecule has 3 aromatic heterocycles. The number of nitrogens with zero attached hydrogens (tertiary/aromatic N) is 7. The maximum Gasteiger partial charge on any atom is 0.247 e. The van der Waals surface area contributed by atoms with Crippen LogP contribution in [-0.2, 0) is 5.54 Å². The van der Waals surface area contributed by atoms with Crippen molar-refractivity contribution in [1.82, 2.24) is 35.2 Å². The SMILES string of the molecule is CC(C)c1cnn(C2(CC#N)CN(c3cccn4nc(NC5=CNNC5)nc34)C2)c1. The molecule has 2 aliphatic rings. The molecule has 10 nitrogen and oxygen atoms in total. The number of fused-ring (bicyclic) bond motifs is 1. The van der Waals surface area contributed by atoms with Gasteiger partial charge in [0.2, 0.25) is 5.95 Å². The molecular weight excluding hydrogens is 380 g/mol. The fourth-order valence-corrected chi connectivity index (χ4v) is 3.96. The Kier molecular flexibility index (Phi) is 4.33. The highest BCUT2D eigenvalue weighted by Crippen LogP contribution is 2.37. The van der Waals surface area contributed by atoms with Crippen molar-refractivity contribution < 1.29 is 0 Å². The number of hydrogen-bond acceptors (Lipinski definition) is 8. The van der Waals surface area contributed by atoms with E-state index in [1.807, 2.05) is 35.4 Å². The van der Waals surface area contributed by atoms with Crippen molar-refractivity contribution in [3.63, 3.8) is 0 Å². The van der Waals surface area contributed by atoms with Crippen molar-refractivity contribution in [2.45, 2.75) is 31.7 Å². The molecular formula is C20H24N10. The third kappa shape index (κ3) is 3.04. The lowest BCUT2D eigenvalue weighted by molar-refractivity contribution is 0.198. The van der Waals surface area contributed by atoms with Gasteiger partial charge in [0.05, 0.1) is 36.6 Å². The Morgan fingerprint density at radius 3 is 2.93 bits per heavy atom. The molecule has 10 heteroatoms. The Morgan fingerprint density at radius 1 is 1.37 bits per heavy atom. The number of nitrogens with one attached hydrogen (secondary N) is 3. The summed E-state index contributed by atoms with van der Waals surface area (Å²) in [6.07, 6.45) is 8.15. The van der Waals surface area contributed by atoms with E-state index in [9.17, 15) is 5.26 Å². The smallest absolute Gasteiger partial charge is 0.247 e. The van der Waals surface area contributed by atoms with Crippen molar-refractivity contribution in [3.8, 4) is 6.07 Å². The minimum atomic E-state index is -0.318. The van der Waals surface area contributed by atoms with E-state index in [0.29, 0.717) is 37.9 Å². The van der Waals surface area contributed by atoms with E-state index in [1.54, 1.807) is 4.52 Å². The molecule has 0 aliphatic carbocycles. The second kappa shape index (κ2) is 7.03. The van der Waals surface area contributed by atoms with Crippen molar-refractivity contribution in [2.24, 2.45) is 0 Å². The third-order valence-electron chi connectivity index (χ3n) is 5.72. The summed E-state index contributed by atoms with van der Waals surface area (Å²) >= 11 is 0. The Hall–Kier alpha value is -3.58. The number of aromatic nitrogens is 5. The highest BCUT2D eigenvalue weighted by atomic mass is 15.4. The first-order chi connectivity index (χ1) is 14.6. The second-order valence-electron chi connectivity index (χ2n) is 8.18. The van der Waals surface area contributed by atoms with Crippen molar-refractivity contribution in [2.75, 3.05) is 29.9 Å². The van der Waals surface area contributed by atoms with E-state index >= 15 is 0 Å². The minimum absolute atomic E-state index is 0.318. The van der Waals surface area contributed by atoms with Crippen LogP contribution < -0.4 is 21.1 Å². The molecule has 0 aromatic carbocycles. The minimum Gasteiger partial charge on any atom is -0.363 e. The van der Waals surface area contributed by atoms with E-state index in [4.69, 9.17) is 0 Å². The highest BCUT2D eigenvalue weighted by Gasteiger charge is 2.46. The van der Waals surface area contributed by atoms with Gasteiger partial charge >= 0.3 is 0 Å². The maximum atomic E-state index is 9.45. The Bertz CT molecular complexity index is 1140. The van der Waals surface area contributed by atoms with E-state index < -0.39 is 0 Å². The lowest BCUT2D eigenvalue weighted by Crippen LogP contribution is -2.63. The lowest BCUT2D eigenvalue weighted by Gasteiger charge is -2.50. The van der Waals surface area contributed by atoms with Crippen LogP contribution in [0.25, 0.3) is 5.65 Å². The molecule has 0 spiro atoms. The van der Waals surface area contributed by atoms with Crippen LogP contribution in [0.15, 0.2) is 42.6 Å². The fourth-order valence-electron chi connectivity index (χ4n) is 3.96. The summed E-state index contributed by atoms with van der Waals surface area (Å²) in [5.41, 5.74) is 9.58. The van der Waals surface area contributed by atoms with Crippen LogP contribution in [0.4, 0.5) is 11.6 Å². The predicted octanol–water partition coefficient (Wildman–Crippen LogP) is 1.54. The molecule has 0 bridgehead atoms. The molecule has 3 N–H and O–H groups in total. The summed E-state index contributed by atoms with van der Waals surface area (Å²) in [5, 5.41) is 21.8. The molecule has 1 fully saturated rings. The maximum absolute atomic E-state index is 9.45. The van der Waals surface area contributed by atoms with Crippen molar-refractivity contribution >= 4 is 17.3 Å². The number of hydrogen-bond donors (Lipinski definition) is 3.